The fourth-order valence-electron chi connectivity index (χ4n) is 1.98. The minimum atomic E-state index is -0.909. The zero-order chi connectivity index (χ0) is 14.4. The first-order valence-electron chi connectivity index (χ1n) is 6.69. The van der Waals surface area contributed by atoms with Crippen molar-refractivity contribution < 1.29 is 14.6 Å². The smallest absolute Gasteiger partial charge is 0.332 e. The predicted molar refractivity (Wildman–Crippen MR) is 78.4 cm³/mol. The molecule has 0 aliphatic rings. The van der Waals surface area contributed by atoms with Gasteiger partial charge < -0.3 is 9.84 Å². The number of hydrogen-bond acceptors (Lipinski definition) is 2. The molecular formula is C17H18O3. The van der Waals surface area contributed by atoms with Crippen LogP contribution in [0, 0.1) is 0 Å². The molecule has 0 unspecified atom stereocenters. The molecule has 0 amide bonds. The number of carboxylic acid groups (broad SMARTS) is 1. The second-order valence-corrected chi connectivity index (χ2v) is 4.61. The first kappa shape index (κ1) is 14.3. The number of aliphatic carboxylic acids is 1. The van der Waals surface area contributed by atoms with Crippen molar-refractivity contribution in [2.45, 2.75) is 26.1 Å². The predicted octanol–water partition coefficient (Wildman–Crippen LogP) is 3.73. The van der Waals surface area contributed by atoms with Crippen LogP contribution in [0.15, 0.2) is 54.6 Å². The standard InChI is InChI=1S/C17H18O3/c1-2-16(17(18)19)20-12-13-8-10-15(11-9-13)14-6-4-3-5-7-14/h3-11,16H,2,12H2,1H3,(H,18,19)/t16-/m0/s1. The fraction of sp³-hybridized carbons (Fsp3) is 0.235. The van der Waals surface area contributed by atoms with E-state index in [1.54, 1.807) is 6.92 Å². The maximum Gasteiger partial charge on any atom is 0.332 e. The van der Waals surface area contributed by atoms with Gasteiger partial charge in [-0.1, -0.05) is 61.5 Å². The summed E-state index contributed by atoms with van der Waals surface area (Å²) in [6.07, 6.45) is -0.263. The first-order valence-corrected chi connectivity index (χ1v) is 6.69. The molecule has 0 spiro atoms. The largest absolute Gasteiger partial charge is 0.479 e. The van der Waals surface area contributed by atoms with Crippen molar-refractivity contribution in [1.29, 1.82) is 0 Å². The Morgan fingerprint density at radius 3 is 2.20 bits per heavy atom. The quantitative estimate of drug-likeness (QED) is 0.870. The summed E-state index contributed by atoms with van der Waals surface area (Å²) in [6, 6.07) is 18.1. The summed E-state index contributed by atoms with van der Waals surface area (Å²) in [7, 11) is 0. The van der Waals surface area contributed by atoms with Gasteiger partial charge in [-0.3, -0.25) is 0 Å². The molecule has 3 nitrogen and oxygen atoms in total. The van der Waals surface area contributed by atoms with Crippen molar-refractivity contribution >= 4 is 5.97 Å². The lowest BCUT2D eigenvalue weighted by molar-refractivity contribution is -0.151. The van der Waals surface area contributed by atoms with Crippen LogP contribution in [0.1, 0.15) is 18.9 Å². The summed E-state index contributed by atoms with van der Waals surface area (Å²) in [4.78, 5) is 10.9. The van der Waals surface area contributed by atoms with Gasteiger partial charge in [0, 0.05) is 0 Å². The molecule has 20 heavy (non-hydrogen) atoms. The van der Waals surface area contributed by atoms with Crippen LogP contribution in [0.3, 0.4) is 0 Å². The third kappa shape index (κ3) is 3.68. The molecule has 104 valence electrons. The summed E-state index contributed by atoms with van der Waals surface area (Å²) >= 11 is 0. The van der Waals surface area contributed by atoms with Gasteiger partial charge in [0.25, 0.3) is 0 Å². The zero-order valence-corrected chi connectivity index (χ0v) is 11.5. The van der Waals surface area contributed by atoms with Gasteiger partial charge in [-0.25, -0.2) is 4.79 Å². The van der Waals surface area contributed by atoms with Gasteiger partial charge in [-0.2, -0.15) is 0 Å². The van der Waals surface area contributed by atoms with E-state index in [-0.39, 0.29) is 0 Å². The van der Waals surface area contributed by atoms with Crippen molar-refractivity contribution in [3.05, 3.63) is 60.2 Å². The summed E-state index contributed by atoms with van der Waals surface area (Å²) in [5.41, 5.74) is 3.28. The Labute approximate surface area is 118 Å². The number of rotatable bonds is 6. The second kappa shape index (κ2) is 6.87. The van der Waals surface area contributed by atoms with Crippen molar-refractivity contribution in [2.24, 2.45) is 0 Å². The number of carboxylic acids is 1. The van der Waals surface area contributed by atoms with Gasteiger partial charge in [0.2, 0.25) is 0 Å². The molecular weight excluding hydrogens is 252 g/mol. The number of hydrogen-bond donors (Lipinski definition) is 1. The Hall–Kier alpha value is -2.13. The third-order valence-corrected chi connectivity index (χ3v) is 3.16. The molecule has 0 bridgehead atoms. The van der Waals surface area contributed by atoms with Gasteiger partial charge in [0.05, 0.1) is 6.61 Å². The van der Waals surface area contributed by atoms with Crippen LogP contribution in [0.2, 0.25) is 0 Å². The van der Waals surface area contributed by atoms with E-state index < -0.39 is 12.1 Å². The lowest BCUT2D eigenvalue weighted by Crippen LogP contribution is -2.22. The molecule has 0 fully saturated rings. The Bertz CT molecular complexity index is 546. The van der Waals surface area contributed by atoms with Crippen LogP contribution in [0.25, 0.3) is 11.1 Å². The van der Waals surface area contributed by atoms with Crippen molar-refractivity contribution in [3.8, 4) is 11.1 Å². The average molecular weight is 270 g/mol. The minimum Gasteiger partial charge on any atom is -0.479 e. The van der Waals surface area contributed by atoms with E-state index in [0.29, 0.717) is 13.0 Å². The van der Waals surface area contributed by atoms with E-state index in [1.165, 1.54) is 0 Å². The molecule has 0 saturated carbocycles. The minimum absolute atomic E-state index is 0.319. The van der Waals surface area contributed by atoms with Gasteiger partial charge in [-0.05, 0) is 23.1 Å². The van der Waals surface area contributed by atoms with Crippen molar-refractivity contribution in [2.75, 3.05) is 0 Å². The SMILES string of the molecule is CC[C@H](OCc1ccc(-c2ccccc2)cc1)C(=O)O. The summed E-state index contributed by atoms with van der Waals surface area (Å²) < 4.78 is 5.38. The number of benzene rings is 2. The number of carbonyl (C=O) groups is 1. The van der Waals surface area contributed by atoms with E-state index in [0.717, 1.165) is 16.7 Å². The van der Waals surface area contributed by atoms with E-state index in [9.17, 15) is 4.79 Å². The molecule has 1 atom stereocenters. The van der Waals surface area contributed by atoms with Crippen molar-refractivity contribution in [1.82, 2.24) is 0 Å². The summed E-state index contributed by atoms with van der Waals surface area (Å²) in [6.45, 7) is 2.12. The molecule has 0 radical (unpaired) electrons. The normalized spacial score (nSPS) is 12.1. The maximum absolute atomic E-state index is 10.9. The van der Waals surface area contributed by atoms with E-state index >= 15 is 0 Å². The fourth-order valence-corrected chi connectivity index (χ4v) is 1.98. The molecule has 3 heteroatoms. The maximum atomic E-state index is 10.9. The summed E-state index contributed by atoms with van der Waals surface area (Å²) in [5, 5.41) is 8.92. The van der Waals surface area contributed by atoms with Crippen LogP contribution in [0.4, 0.5) is 0 Å². The van der Waals surface area contributed by atoms with E-state index in [2.05, 4.69) is 12.1 Å². The topological polar surface area (TPSA) is 46.5 Å². The second-order valence-electron chi connectivity index (χ2n) is 4.61. The monoisotopic (exact) mass is 270 g/mol. The van der Waals surface area contributed by atoms with Gasteiger partial charge in [0.1, 0.15) is 0 Å². The highest BCUT2D eigenvalue weighted by Gasteiger charge is 2.14. The van der Waals surface area contributed by atoms with Gasteiger partial charge in [-0.15, -0.1) is 0 Å². The molecule has 2 aromatic carbocycles. The van der Waals surface area contributed by atoms with Crippen LogP contribution >= 0.6 is 0 Å². The molecule has 0 heterocycles. The van der Waals surface area contributed by atoms with E-state index in [4.69, 9.17) is 9.84 Å². The Balaban J connectivity index is 2.00. The Morgan fingerprint density at radius 1 is 1.05 bits per heavy atom. The molecule has 0 aromatic heterocycles. The van der Waals surface area contributed by atoms with Gasteiger partial charge in [0.15, 0.2) is 6.10 Å². The molecule has 1 N–H and O–H groups in total. The average Bonchev–Trinajstić information content (AvgIpc) is 2.49. The van der Waals surface area contributed by atoms with Crippen LogP contribution in [0.5, 0.6) is 0 Å². The molecule has 2 rings (SSSR count). The van der Waals surface area contributed by atoms with E-state index in [1.807, 2.05) is 42.5 Å². The van der Waals surface area contributed by atoms with Gasteiger partial charge >= 0.3 is 5.97 Å². The molecule has 0 aliphatic carbocycles. The lowest BCUT2D eigenvalue weighted by Gasteiger charge is -2.11. The highest BCUT2D eigenvalue weighted by atomic mass is 16.5. The van der Waals surface area contributed by atoms with Crippen LogP contribution < -0.4 is 0 Å². The number of ether oxygens (including phenoxy) is 1. The first-order chi connectivity index (χ1) is 9.70. The Morgan fingerprint density at radius 2 is 1.65 bits per heavy atom. The summed E-state index contributed by atoms with van der Waals surface area (Å²) in [5.74, 6) is -0.909. The lowest BCUT2D eigenvalue weighted by atomic mass is 10.0. The van der Waals surface area contributed by atoms with Crippen molar-refractivity contribution in [3.63, 3.8) is 0 Å². The highest BCUT2D eigenvalue weighted by molar-refractivity contribution is 5.72. The molecule has 0 saturated heterocycles. The van der Waals surface area contributed by atoms with Crippen LogP contribution in [-0.2, 0) is 16.1 Å². The third-order valence-electron chi connectivity index (χ3n) is 3.16. The zero-order valence-electron chi connectivity index (χ0n) is 11.5. The molecule has 0 aliphatic heterocycles. The highest BCUT2D eigenvalue weighted by Crippen LogP contribution is 2.19. The van der Waals surface area contributed by atoms with Crippen LogP contribution in [-0.4, -0.2) is 17.2 Å². The Kier molecular flexibility index (Phi) is 4.91. The molecule has 2 aromatic rings.